The highest BCUT2D eigenvalue weighted by Crippen LogP contribution is 2.37. The molecule has 1 N–H and O–H groups in total. The quantitative estimate of drug-likeness (QED) is 0.699. The molecule has 0 radical (unpaired) electrons. The molecule has 0 unspecified atom stereocenters. The molecular weight excluding hydrogens is 350 g/mol. The monoisotopic (exact) mass is 369 g/mol. The molecule has 0 bridgehead atoms. The van der Waals surface area contributed by atoms with Crippen molar-refractivity contribution in [2.75, 3.05) is 5.32 Å². The number of hydrogen-bond acceptors (Lipinski definition) is 2. The predicted octanol–water partition coefficient (Wildman–Crippen LogP) is 5.33. The molecule has 140 valence electrons. The lowest BCUT2D eigenvalue weighted by atomic mass is 10.1. The van der Waals surface area contributed by atoms with Crippen LogP contribution < -0.4 is 10.1 Å². The second-order valence-electron chi connectivity index (χ2n) is 5.64. The van der Waals surface area contributed by atoms with E-state index < -0.39 is 24.2 Å². The third-order valence-electron chi connectivity index (χ3n) is 3.84. The maximum Gasteiger partial charge on any atom is 0.419 e. The van der Waals surface area contributed by atoms with Crippen LogP contribution in [0.2, 0.25) is 0 Å². The number of ether oxygens (including phenoxy) is 1. The number of benzene rings is 2. The number of nitrogens with one attached hydrogen (secondary N) is 1. The summed E-state index contributed by atoms with van der Waals surface area (Å²) in [6.45, 7) is 2.94. The van der Waals surface area contributed by atoms with Gasteiger partial charge >= 0.3 is 6.18 Å². The van der Waals surface area contributed by atoms with Crippen LogP contribution in [0.25, 0.3) is 0 Å². The van der Waals surface area contributed by atoms with Crippen LogP contribution in [0.3, 0.4) is 0 Å². The zero-order valence-corrected chi connectivity index (χ0v) is 14.4. The first-order valence-electron chi connectivity index (χ1n) is 8.16. The van der Waals surface area contributed by atoms with Crippen molar-refractivity contribution in [3.05, 3.63) is 58.9 Å². The van der Waals surface area contributed by atoms with E-state index in [-0.39, 0.29) is 29.3 Å². The Bertz CT molecular complexity index is 788. The smallest absolute Gasteiger partial charge is 0.419 e. The molecule has 0 aromatic heterocycles. The second-order valence-corrected chi connectivity index (χ2v) is 5.64. The van der Waals surface area contributed by atoms with E-state index in [1.165, 1.54) is 24.3 Å². The third-order valence-corrected chi connectivity index (χ3v) is 3.84. The molecule has 2 aromatic carbocycles. The minimum Gasteiger partial charge on any atom is -0.488 e. The van der Waals surface area contributed by atoms with Gasteiger partial charge in [0.25, 0.3) is 0 Å². The molecule has 2 aromatic rings. The fraction of sp³-hybridized carbons (Fsp3) is 0.316. The molecule has 0 spiro atoms. The first-order valence-corrected chi connectivity index (χ1v) is 8.16. The summed E-state index contributed by atoms with van der Waals surface area (Å²) in [5.41, 5.74) is -0.226. The molecule has 0 heterocycles. The molecule has 0 atom stereocenters. The lowest BCUT2D eigenvalue weighted by molar-refractivity contribution is -0.139. The van der Waals surface area contributed by atoms with Gasteiger partial charge in [-0.3, -0.25) is 4.79 Å². The van der Waals surface area contributed by atoms with Gasteiger partial charge in [-0.2, -0.15) is 13.2 Å². The summed E-state index contributed by atoms with van der Waals surface area (Å²) in [6, 6.07) is 7.82. The van der Waals surface area contributed by atoms with Crippen molar-refractivity contribution in [3.63, 3.8) is 0 Å². The highest BCUT2D eigenvalue weighted by molar-refractivity contribution is 5.91. The normalized spacial score (nSPS) is 11.3. The van der Waals surface area contributed by atoms with Crippen LogP contribution in [0.15, 0.2) is 36.4 Å². The van der Waals surface area contributed by atoms with Gasteiger partial charge in [0, 0.05) is 12.0 Å². The van der Waals surface area contributed by atoms with Gasteiger partial charge in [-0.15, -0.1) is 0 Å². The predicted molar refractivity (Wildman–Crippen MR) is 90.5 cm³/mol. The van der Waals surface area contributed by atoms with Crippen molar-refractivity contribution in [2.45, 2.75) is 39.5 Å². The summed E-state index contributed by atoms with van der Waals surface area (Å²) in [5.74, 6) is -1.39. The first-order chi connectivity index (χ1) is 12.3. The molecule has 26 heavy (non-hydrogen) atoms. The number of anilines is 1. The Morgan fingerprint density at radius 2 is 1.88 bits per heavy atom. The van der Waals surface area contributed by atoms with E-state index in [0.29, 0.717) is 12.0 Å². The summed E-state index contributed by atoms with van der Waals surface area (Å²) in [5, 5.41) is 2.52. The van der Waals surface area contributed by atoms with E-state index in [4.69, 9.17) is 4.74 Å². The van der Waals surface area contributed by atoms with E-state index in [1.807, 2.05) is 0 Å². The zero-order chi connectivity index (χ0) is 19.3. The SMILES string of the molecule is CCC(=O)Nc1cccc(F)c1COc1ccc(CC)cc1C(F)(F)F. The summed E-state index contributed by atoms with van der Waals surface area (Å²) in [7, 11) is 0. The summed E-state index contributed by atoms with van der Waals surface area (Å²) in [4.78, 5) is 11.6. The zero-order valence-electron chi connectivity index (χ0n) is 14.4. The van der Waals surface area contributed by atoms with E-state index in [1.54, 1.807) is 13.8 Å². The molecule has 0 aliphatic heterocycles. The van der Waals surface area contributed by atoms with Crippen molar-refractivity contribution in [1.82, 2.24) is 0 Å². The summed E-state index contributed by atoms with van der Waals surface area (Å²) in [6.07, 6.45) is -3.95. The Hall–Kier alpha value is -2.57. The minimum absolute atomic E-state index is 0.0120. The van der Waals surface area contributed by atoms with Crippen LogP contribution in [0, 0.1) is 5.82 Å². The lowest BCUT2D eigenvalue weighted by Gasteiger charge is -2.17. The van der Waals surface area contributed by atoms with Crippen molar-refractivity contribution in [2.24, 2.45) is 0 Å². The number of amides is 1. The van der Waals surface area contributed by atoms with Gasteiger partial charge in [-0.1, -0.05) is 26.0 Å². The fourth-order valence-corrected chi connectivity index (χ4v) is 2.36. The molecule has 0 aliphatic carbocycles. The van der Waals surface area contributed by atoms with Crippen LogP contribution in [-0.2, 0) is 24.0 Å². The molecule has 2 rings (SSSR count). The first kappa shape index (κ1) is 19.8. The molecular formula is C19H19F4NO2. The molecule has 0 aliphatic rings. The molecule has 0 saturated heterocycles. The standard InChI is InChI=1S/C19H19F4NO2/c1-3-12-8-9-17(14(10-12)19(21,22)23)26-11-13-15(20)6-5-7-16(13)24-18(25)4-2/h5-10H,3-4,11H2,1-2H3,(H,24,25). The number of alkyl halides is 3. The number of halogens is 4. The van der Waals surface area contributed by atoms with Crippen LogP contribution in [0.4, 0.5) is 23.2 Å². The molecule has 0 saturated carbocycles. The molecule has 0 fully saturated rings. The van der Waals surface area contributed by atoms with Gasteiger partial charge in [0.2, 0.25) is 5.91 Å². The van der Waals surface area contributed by atoms with Gasteiger partial charge < -0.3 is 10.1 Å². The maximum absolute atomic E-state index is 14.1. The Morgan fingerprint density at radius 3 is 2.50 bits per heavy atom. The van der Waals surface area contributed by atoms with E-state index >= 15 is 0 Å². The van der Waals surface area contributed by atoms with Crippen molar-refractivity contribution in [3.8, 4) is 5.75 Å². The molecule has 7 heteroatoms. The minimum atomic E-state index is -4.59. The van der Waals surface area contributed by atoms with Crippen molar-refractivity contribution < 1.29 is 27.1 Å². The van der Waals surface area contributed by atoms with Gasteiger partial charge in [0.1, 0.15) is 18.2 Å². The number of carbonyl (C=O) groups is 1. The summed E-state index contributed by atoms with van der Waals surface area (Å²) >= 11 is 0. The van der Waals surface area contributed by atoms with Crippen molar-refractivity contribution in [1.29, 1.82) is 0 Å². The highest BCUT2D eigenvalue weighted by atomic mass is 19.4. The second kappa shape index (κ2) is 8.21. The van der Waals surface area contributed by atoms with Crippen molar-refractivity contribution >= 4 is 11.6 Å². The Labute approximate surface area is 149 Å². The van der Waals surface area contributed by atoms with E-state index in [9.17, 15) is 22.4 Å². The lowest BCUT2D eigenvalue weighted by Crippen LogP contribution is -2.14. The van der Waals surface area contributed by atoms with Gasteiger partial charge in [0.15, 0.2) is 0 Å². The Morgan fingerprint density at radius 1 is 1.15 bits per heavy atom. The Balaban J connectivity index is 2.31. The van der Waals surface area contributed by atoms with Gasteiger partial charge in [0.05, 0.1) is 11.3 Å². The average molecular weight is 369 g/mol. The van der Waals surface area contributed by atoms with Crippen LogP contribution in [0.5, 0.6) is 5.75 Å². The maximum atomic E-state index is 14.1. The number of carbonyl (C=O) groups excluding carboxylic acids is 1. The summed E-state index contributed by atoms with van der Waals surface area (Å²) < 4.78 is 59.1. The Kier molecular flexibility index (Phi) is 6.23. The largest absolute Gasteiger partial charge is 0.488 e. The van der Waals surface area contributed by atoms with Crippen LogP contribution in [-0.4, -0.2) is 5.91 Å². The van der Waals surface area contributed by atoms with Crippen LogP contribution in [0.1, 0.15) is 37.0 Å². The third kappa shape index (κ3) is 4.74. The van der Waals surface area contributed by atoms with E-state index in [0.717, 1.165) is 12.1 Å². The van der Waals surface area contributed by atoms with Crippen LogP contribution >= 0.6 is 0 Å². The highest BCUT2D eigenvalue weighted by Gasteiger charge is 2.34. The molecule has 1 amide bonds. The topological polar surface area (TPSA) is 38.3 Å². The fourth-order valence-electron chi connectivity index (χ4n) is 2.36. The average Bonchev–Trinajstić information content (AvgIpc) is 2.60. The van der Waals surface area contributed by atoms with E-state index in [2.05, 4.69) is 5.32 Å². The van der Waals surface area contributed by atoms with Gasteiger partial charge in [-0.25, -0.2) is 4.39 Å². The van der Waals surface area contributed by atoms with Gasteiger partial charge in [-0.05, 0) is 36.2 Å². The number of aryl methyl sites for hydroxylation is 1. The molecule has 3 nitrogen and oxygen atoms in total. The number of hydrogen-bond donors (Lipinski definition) is 1. The number of rotatable bonds is 6.